The Morgan fingerprint density at radius 2 is 1.95 bits per heavy atom. The van der Waals surface area contributed by atoms with Gasteiger partial charge in [0.2, 0.25) is 0 Å². The van der Waals surface area contributed by atoms with Crippen LogP contribution in [0.25, 0.3) is 10.9 Å². The first-order valence-corrected chi connectivity index (χ1v) is 7.19. The molecular weight excluding hydrogens is 268 g/mol. The van der Waals surface area contributed by atoms with Crippen LogP contribution in [-0.2, 0) is 0 Å². The number of para-hydroxylation sites is 1. The monoisotopic (exact) mass is 286 g/mol. The summed E-state index contributed by atoms with van der Waals surface area (Å²) < 4.78 is 0. The molecule has 0 saturated carbocycles. The molecule has 1 saturated heterocycles. The van der Waals surface area contributed by atoms with Crippen molar-refractivity contribution in [2.24, 2.45) is 0 Å². The molecule has 1 aromatic heterocycles. The fourth-order valence-corrected chi connectivity index (χ4v) is 2.68. The summed E-state index contributed by atoms with van der Waals surface area (Å²) in [4.78, 5) is 34.9. The molecule has 0 aliphatic carbocycles. The third-order valence-electron chi connectivity index (χ3n) is 3.95. The molecular formula is C15H18N4O2. The number of nitrogens with one attached hydrogen (secondary N) is 1. The number of fused-ring (bicyclic) bond motifs is 1. The van der Waals surface area contributed by atoms with E-state index in [1.165, 1.54) is 0 Å². The molecule has 2 aromatic rings. The molecule has 1 fully saturated rings. The zero-order valence-corrected chi connectivity index (χ0v) is 12.0. The molecule has 2 heterocycles. The average Bonchev–Trinajstić information content (AvgIpc) is 2.53. The van der Waals surface area contributed by atoms with E-state index in [0.29, 0.717) is 24.0 Å². The van der Waals surface area contributed by atoms with Crippen molar-refractivity contribution in [3.05, 3.63) is 40.4 Å². The lowest BCUT2D eigenvalue weighted by molar-refractivity contribution is 0.0639. The van der Waals surface area contributed by atoms with Gasteiger partial charge in [0.1, 0.15) is 5.69 Å². The summed E-state index contributed by atoms with van der Waals surface area (Å²) in [6.45, 7) is 6.19. The zero-order valence-electron chi connectivity index (χ0n) is 12.0. The van der Waals surface area contributed by atoms with Crippen LogP contribution >= 0.6 is 0 Å². The van der Waals surface area contributed by atoms with Gasteiger partial charge in [-0.25, -0.2) is 4.79 Å². The number of aromatic amines is 1. The van der Waals surface area contributed by atoms with E-state index in [9.17, 15) is 9.59 Å². The first kappa shape index (κ1) is 13.8. The molecule has 1 aliphatic rings. The quantitative estimate of drug-likeness (QED) is 0.882. The summed E-state index contributed by atoms with van der Waals surface area (Å²) in [5.74, 6) is -0.159. The standard InChI is InChI=1S/C15H18N4O2/c1-2-18-7-9-19(10-8-18)14(20)13-11-5-3-4-6-12(11)16-15(21)17-13/h3-6H,2,7-10H2,1H3,(H,16,17,21). The second-order valence-corrected chi connectivity index (χ2v) is 5.16. The van der Waals surface area contributed by atoms with E-state index in [4.69, 9.17) is 0 Å². The van der Waals surface area contributed by atoms with E-state index in [1.54, 1.807) is 11.0 Å². The van der Waals surface area contributed by atoms with Crippen LogP contribution in [0.4, 0.5) is 0 Å². The SMILES string of the molecule is CCN1CCN(C(=O)c2nc(=O)[nH]c3ccccc23)CC1. The van der Waals surface area contributed by atoms with Crippen LogP contribution in [0.3, 0.4) is 0 Å². The van der Waals surface area contributed by atoms with Crippen LogP contribution < -0.4 is 5.69 Å². The van der Waals surface area contributed by atoms with Crippen LogP contribution in [0.1, 0.15) is 17.4 Å². The summed E-state index contributed by atoms with van der Waals surface area (Å²) in [6, 6.07) is 7.26. The highest BCUT2D eigenvalue weighted by Crippen LogP contribution is 2.15. The van der Waals surface area contributed by atoms with Gasteiger partial charge in [-0.2, -0.15) is 4.98 Å². The van der Waals surface area contributed by atoms with Gasteiger partial charge in [-0.3, -0.25) is 4.79 Å². The fourth-order valence-electron chi connectivity index (χ4n) is 2.68. The predicted molar refractivity (Wildman–Crippen MR) is 80.4 cm³/mol. The number of carbonyl (C=O) groups excluding carboxylic acids is 1. The van der Waals surface area contributed by atoms with Crippen molar-refractivity contribution in [2.45, 2.75) is 6.92 Å². The number of likely N-dealkylation sites (N-methyl/N-ethyl adjacent to an activating group) is 1. The molecule has 1 amide bonds. The minimum absolute atomic E-state index is 0.159. The van der Waals surface area contributed by atoms with Gasteiger partial charge >= 0.3 is 5.69 Å². The number of hydrogen-bond donors (Lipinski definition) is 1. The fraction of sp³-hybridized carbons (Fsp3) is 0.400. The van der Waals surface area contributed by atoms with Crippen LogP contribution in [0.15, 0.2) is 29.1 Å². The van der Waals surface area contributed by atoms with Crippen molar-refractivity contribution in [3.8, 4) is 0 Å². The number of aromatic nitrogens is 2. The largest absolute Gasteiger partial charge is 0.346 e. The third-order valence-corrected chi connectivity index (χ3v) is 3.95. The Labute approximate surface area is 122 Å². The summed E-state index contributed by atoms with van der Waals surface area (Å²) in [5.41, 5.74) is 0.414. The first-order chi connectivity index (χ1) is 10.2. The molecule has 110 valence electrons. The minimum atomic E-state index is -0.482. The molecule has 0 unspecified atom stereocenters. The normalized spacial score (nSPS) is 16.3. The Hall–Kier alpha value is -2.21. The van der Waals surface area contributed by atoms with Crippen molar-refractivity contribution < 1.29 is 4.79 Å². The lowest BCUT2D eigenvalue weighted by Crippen LogP contribution is -2.48. The van der Waals surface area contributed by atoms with Crippen LogP contribution in [0.2, 0.25) is 0 Å². The van der Waals surface area contributed by atoms with Gasteiger partial charge in [0, 0.05) is 31.6 Å². The summed E-state index contributed by atoms with van der Waals surface area (Å²) in [5, 5.41) is 0.694. The number of rotatable bonds is 2. The molecule has 3 rings (SSSR count). The van der Waals surface area contributed by atoms with E-state index < -0.39 is 5.69 Å². The minimum Gasteiger partial charge on any atom is -0.335 e. The molecule has 1 N–H and O–H groups in total. The lowest BCUT2D eigenvalue weighted by atomic mass is 10.1. The lowest BCUT2D eigenvalue weighted by Gasteiger charge is -2.33. The number of piperazine rings is 1. The van der Waals surface area contributed by atoms with E-state index in [-0.39, 0.29) is 11.6 Å². The molecule has 6 heteroatoms. The average molecular weight is 286 g/mol. The molecule has 0 radical (unpaired) electrons. The predicted octanol–water partition coefficient (Wildman–Crippen LogP) is 0.701. The molecule has 1 aliphatic heterocycles. The van der Waals surface area contributed by atoms with Gasteiger partial charge in [-0.15, -0.1) is 0 Å². The van der Waals surface area contributed by atoms with E-state index in [0.717, 1.165) is 19.6 Å². The number of benzene rings is 1. The molecule has 21 heavy (non-hydrogen) atoms. The number of amides is 1. The molecule has 1 aromatic carbocycles. The van der Waals surface area contributed by atoms with Gasteiger partial charge in [0.05, 0.1) is 5.52 Å². The maximum atomic E-state index is 12.7. The van der Waals surface area contributed by atoms with Gasteiger partial charge in [-0.05, 0) is 12.6 Å². The number of carbonyl (C=O) groups is 1. The van der Waals surface area contributed by atoms with Crippen molar-refractivity contribution in [3.63, 3.8) is 0 Å². The summed E-state index contributed by atoms with van der Waals surface area (Å²) in [7, 11) is 0. The Morgan fingerprint density at radius 1 is 1.24 bits per heavy atom. The second kappa shape index (κ2) is 5.65. The van der Waals surface area contributed by atoms with Crippen molar-refractivity contribution >= 4 is 16.8 Å². The Kier molecular flexibility index (Phi) is 3.70. The highest BCUT2D eigenvalue weighted by molar-refractivity contribution is 6.04. The van der Waals surface area contributed by atoms with Gasteiger partial charge in [-0.1, -0.05) is 25.1 Å². The van der Waals surface area contributed by atoms with Crippen LogP contribution in [-0.4, -0.2) is 58.4 Å². The molecule has 0 bridgehead atoms. The smallest absolute Gasteiger partial charge is 0.335 e. The van der Waals surface area contributed by atoms with Crippen LogP contribution in [0.5, 0.6) is 0 Å². The van der Waals surface area contributed by atoms with E-state index >= 15 is 0 Å². The zero-order chi connectivity index (χ0) is 14.8. The maximum Gasteiger partial charge on any atom is 0.346 e. The number of H-pyrrole nitrogens is 1. The van der Waals surface area contributed by atoms with Gasteiger partial charge < -0.3 is 14.8 Å². The summed E-state index contributed by atoms with van der Waals surface area (Å²) in [6.07, 6.45) is 0. The summed E-state index contributed by atoms with van der Waals surface area (Å²) >= 11 is 0. The second-order valence-electron chi connectivity index (χ2n) is 5.16. The maximum absolute atomic E-state index is 12.7. The molecule has 6 nitrogen and oxygen atoms in total. The molecule has 0 atom stereocenters. The Balaban J connectivity index is 1.93. The molecule has 0 spiro atoms. The highest BCUT2D eigenvalue weighted by atomic mass is 16.2. The Morgan fingerprint density at radius 3 is 2.67 bits per heavy atom. The topological polar surface area (TPSA) is 69.3 Å². The third kappa shape index (κ3) is 2.67. The van der Waals surface area contributed by atoms with Crippen molar-refractivity contribution in [2.75, 3.05) is 32.7 Å². The van der Waals surface area contributed by atoms with Gasteiger partial charge in [0.25, 0.3) is 5.91 Å². The number of nitrogens with zero attached hydrogens (tertiary/aromatic N) is 3. The van der Waals surface area contributed by atoms with Crippen molar-refractivity contribution in [1.29, 1.82) is 0 Å². The highest BCUT2D eigenvalue weighted by Gasteiger charge is 2.24. The number of hydrogen-bond acceptors (Lipinski definition) is 4. The van der Waals surface area contributed by atoms with E-state index in [1.807, 2.05) is 18.2 Å². The van der Waals surface area contributed by atoms with Crippen LogP contribution in [0, 0.1) is 0 Å². The van der Waals surface area contributed by atoms with Gasteiger partial charge in [0.15, 0.2) is 0 Å². The van der Waals surface area contributed by atoms with E-state index in [2.05, 4.69) is 21.8 Å². The first-order valence-electron chi connectivity index (χ1n) is 7.19. The Bertz CT molecular complexity index is 717. The van der Waals surface area contributed by atoms with Crippen molar-refractivity contribution in [1.82, 2.24) is 19.8 Å².